The van der Waals surface area contributed by atoms with Crippen LogP contribution in [0.2, 0.25) is 0 Å². The van der Waals surface area contributed by atoms with Crippen LogP contribution in [-0.2, 0) is 7.05 Å². The molecule has 0 aromatic carbocycles. The number of piperidine rings is 1. The maximum atomic E-state index is 11.2. The van der Waals surface area contributed by atoms with Crippen molar-refractivity contribution in [1.29, 1.82) is 0 Å². The maximum Gasteiger partial charge on any atom is 0.341 e. The lowest BCUT2D eigenvalue weighted by molar-refractivity contribution is 0.0696. The number of hydrogen-bond donors (Lipinski definition) is 2. The molecule has 0 unspecified atom stereocenters. The highest BCUT2D eigenvalue weighted by Crippen LogP contribution is 2.20. The molecule has 1 saturated heterocycles. The zero-order chi connectivity index (χ0) is 12.4. The third kappa shape index (κ3) is 2.41. The van der Waals surface area contributed by atoms with Crippen molar-refractivity contribution in [2.45, 2.75) is 26.2 Å². The van der Waals surface area contributed by atoms with E-state index >= 15 is 0 Å². The topological polar surface area (TPSA) is 70.4 Å². The Labute approximate surface area is 100 Å². The smallest absolute Gasteiger partial charge is 0.341 e. The second-order valence-electron chi connectivity index (χ2n) is 4.40. The molecule has 1 fully saturated rings. The molecule has 6 heteroatoms. The average molecular weight is 238 g/mol. The minimum absolute atomic E-state index is 0.262. The summed E-state index contributed by atoms with van der Waals surface area (Å²) in [5.41, 5.74) is 3.98. The molecule has 0 saturated carbocycles. The lowest BCUT2D eigenvalue weighted by Gasteiger charge is -2.27. The van der Waals surface area contributed by atoms with E-state index in [4.69, 9.17) is 0 Å². The van der Waals surface area contributed by atoms with Crippen molar-refractivity contribution in [3.05, 3.63) is 11.3 Å². The highest BCUT2D eigenvalue weighted by Gasteiger charge is 2.21. The van der Waals surface area contributed by atoms with Gasteiger partial charge < -0.3 is 10.5 Å². The van der Waals surface area contributed by atoms with Crippen molar-refractivity contribution in [1.82, 2.24) is 14.8 Å². The summed E-state index contributed by atoms with van der Waals surface area (Å²) in [6.07, 6.45) is 3.53. The number of aromatic nitrogens is 2. The van der Waals surface area contributed by atoms with Gasteiger partial charge in [-0.15, -0.1) is 0 Å². The highest BCUT2D eigenvalue weighted by atomic mass is 16.4. The molecule has 1 aliphatic rings. The highest BCUT2D eigenvalue weighted by molar-refractivity contribution is 5.94. The van der Waals surface area contributed by atoms with Crippen molar-refractivity contribution < 1.29 is 9.90 Å². The Bertz CT molecular complexity index is 421. The van der Waals surface area contributed by atoms with Crippen LogP contribution in [0.4, 0.5) is 5.82 Å². The average Bonchev–Trinajstić information content (AvgIpc) is 2.55. The van der Waals surface area contributed by atoms with Crippen LogP contribution in [0.1, 0.15) is 35.3 Å². The monoisotopic (exact) mass is 238 g/mol. The van der Waals surface area contributed by atoms with Crippen LogP contribution < -0.4 is 5.43 Å². The predicted molar refractivity (Wildman–Crippen MR) is 64.0 cm³/mol. The predicted octanol–water partition coefficient (Wildman–Crippen LogP) is 1.24. The van der Waals surface area contributed by atoms with Gasteiger partial charge in [0.25, 0.3) is 0 Å². The van der Waals surface area contributed by atoms with E-state index in [9.17, 15) is 9.90 Å². The minimum Gasteiger partial charge on any atom is -0.477 e. The summed E-state index contributed by atoms with van der Waals surface area (Å²) in [5.74, 6) is -0.369. The van der Waals surface area contributed by atoms with Gasteiger partial charge in [-0.1, -0.05) is 6.42 Å². The molecule has 0 atom stereocenters. The van der Waals surface area contributed by atoms with E-state index in [0.29, 0.717) is 11.5 Å². The molecule has 1 aliphatic heterocycles. The molecule has 2 N–H and O–H groups in total. The van der Waals surface area contributed by atoms with E-state index in [2.05, 4.69) is 15.5 Å². The molecule has 0 spiro atoms. The van der Waals surface area contributed by atoms with E-state index in [1.54, 1.807) is 18.7 Å². The molecule has 94 valence electrons. The number of anilines is 1. The van der Waals surface area contributed by atoms with Crippen LogP contribution in [0.3, 0.4) is 0 Å². The third-order valence-corrected chi connectivity index (χ3v) is 3.06. The molecule has 1 aromatic rings. The molecular weight excluding hydrogens is 220 g/mol. The van der Waals surface area contributed by atoms with Crippen LogP contribution in [0.5, 0.6) is 0 Å². The normalized spacial score (nSPS) is 17.1. The van der Waals surface area contributed by atoms with Crippen LogP contribution in [0.25, 0.3) is 0 Å². The van der Waals surface area contributed by atoms with Crippen molar-refractivity contribution in [3.63, 3.8) is 0 Å². The van der Waals surface area contributed by atoms with Gasteiger partial charge in [0.1, 0.15) is 5.56 Å². The van der Waals surface area contributed by atoms with Crippen LogP contribution >= 0.6 is 0 Å². The van der Waals surface area contributed by atoms with E-state index < -0.39 is 5.97 Å². The number of aryl methyl sites for hydroxylation is 2. The largest absolute Gasteiger partial charge is 0.477 e. The lowest BCUT2D eigenvalue weighted by atomic mass is 10.2. The Hall–Kier alpha value is -1.56. The molecule has 0 radical (unpaired) electrons. The van der Waals surface area contributed by atoms with E-state index in [0.717, 1.165) is 25.9 Å². The van der Waals surface area contributed by atoms with Crippen molar-refractivity contribution in [2.75, 3.05) is 18.5 Å². The summed E-state index contributed by atoms with van der Waals surface area (Å²) in [6.45, 7) is 3.61. The van der Waals surface area contributed by atoms with Gasteiger partial charge in [0.05, 0.1) is 5.69 Å². The summed E-state index contributed by atoms with van der Waals surface area (Å²) in [7, 11) is 1.76. The zero-order valence-corrected chi connectivity index (χ0v) is 10.2. The molecule has 0 aliphatic carbocycles. The first-order chi connectivity index (χ1) is 8.09. The minimum atomic E-state index is -0.935. The van der Waals surface area contributed by atoms with Gasteiger partial charge in [-0.3, -0.25) is 4.68 Å². The fourth-order valence-electron chi connectivity index (χ4n) is 2.20. The first kappa shape index (κ1) is 11.9. The van der Waals surface area contributed by atoms with Crippen molar-refractivity contribution >= 4 is 11.8 Å². The van der Waals surface area contributed by atoms with E-state index in [-0.39, 0.29) is 5.56 Å². The van der Waals surface area contributed by atoms with Crippen molar-refractivity contribution in [3.8, 4) is 0 Å². The molecule has 1 aromatic heterocycles. The maximum absolute atomic E-state index is 11.2. The number of carbonyl (C=O) groups is 1. The second-order valence-corrected chi connectivity index (χ2v) is 4.40. The van der Waals surface area contributed by atoms with Crippen LogP contribution in [0, 0.1) is 6.92 Å². The lowest BCUT2D eigenvalue weighted by Crippen LogP contribution is -2.36. The summed E-state index contributed by atoms with van der Waals surface area (Å²) >= 11 is 0. The molecular formula is C11H18N4O2. The fourth-order valence-corrected chi connectivity index (χ4v) is 2.20. The zero-order valence-electron chi connectivity index (χ0n) is 10.2. The third-order valence-electron chi connectivity index (χ3n) is 3.06. The number of hydrogen-bond acceptors (Lipinski definition) is 4. The Kier molecular flexibility index (Phi) is 3.33. The van der Waals surface area contributed by atoms with E-state index in [1.165, 1.54) is 6.42 Å². The summed E-state index contributed by atoms with van der Waals surface area (Å²) in [4.78, 5) is 11.2. The first-order valence-electron chi connectivity index (χ1n) is 5.88. The summed E-state index contributed by atoms with van der Waals surface area (Å²) in [6, 6.07) is 0. The van der Waals surface area contributed by atoms with Gasteiger partial charge in [0.15, 0.2) is 5.82 Å². The van der Waals surface area contributed by atoms with Gasteiger partial charge in [-0.2, -0.15) is 5.10 Å². The molecule has 6 nitrogen and oxygen atoms in total. The quantitative estimate of drug-likeness (QED) is 0.829. The van der Waals surface area contributed by atoms with E-state index in [1.807, 2.05) is 0 Å². The Morgan fingerprint density at radius 3 is 2.59 bits per heavy atom. The number of nitrogens with one attached hydrogen (secondary N) is 1. The number of nitrogens with zero attached hydrogens (tertiary/aromatic N) is 3. The number of carboxylic acid groups (broad SMARTS) is 1. The first-order valence-corrected chi connectivity index (χ1v) is 5.88. The Morgan fingerprint density at radius 1 is 1.35 bits per heavy atom. The standard InChI is InChI=1S/C11H18N4O2/c1-8-9(11(16)17)10(14(2)12-8)13-15-6-4-3-5-7-15/h13H,3-7H2,1-2H3,(H,16,17). The number of hydrazine groups is 1. The number of aromatic carboxylic acids is 1. The van der Waals surface area contributed by atoms with Crippen LogP contribution in [-0.4, -0.2) is 39.0 Å². The van der Waals surface area contributed by atoms with Crippen LogP contribution in [0.15, 0.2) is 0 Å². The molecule has 0 bridgehead atoms. The number of rotatable bonds is 3. The van der Waals surface area contributed by atoms with Gasteiger partial charge in [-0.25, -0.2) is 9.80 Å². The van der Waals surface area contributed by atoms with Gasteiger partial charge in [-0.05, 0) is 19.8 Å². The summed E-state index contributed by atoms with van der Waals surface area (Å²) < 4.78 is 1.59. The van der Waals surface area contributed by atoms with Gasteiger partial charge in [0.2, 0.25) is 0 Å². The molecule has 2 heterocycles. The number of carboxylic acids is 1. The Morgan fingerprint density at radius 2 is 2.00 bits per heavy atom. The summed E-state index contributed by atoms with van der Waals surface area (Å²) in [5, 5.41) is 15.4. The SMILES string of the molecule is Cc1nn(C)c(NN2CCCCC2)c1C(=O)O. The van der Waals surface area contributed by atoms with Crippen molar-refractivity contribution in [2.24, 2.45) is 7.05 Å². The second kappa shape index (κ2) is 4.75. The molecule has 17 heavy (non-hydrogen) atoms. The molecule has 0 amide bonds. The van der Waals surface area contributed by atoms with Gasteiger partial charge in [0, 0.05) is 20.1 Å². The molecule has 2 rings (SSSR count). The Balaban J connectivity index is 2.21. The fraction of sp³-hybridized carbons (Fsp3) is 0.636. The van der Waals surface area contributed by atoms with Gasteiger partial charge >= 0.3 is 5.97 Å².